The molecule has 0 bridgehead atoms. The van der Waals surface area contributed by atoms with Crippen LogP contribution in [-0.2, 0) is 10.8 Å². The molecule has 3 heteroatoms. The van der Waals surface area contributed by atoms with Gasteiger partial charge in [-0.2, -0.15) is 0 Å². The summed E-state index contributed by atoms with van der Waals surface area (Å²) in [6, 6.07) is 29.1. The van der Waals surface area contributed by atoms with Gasteiger partial charge >= 0.3 is 0 Å². The number of rotatable bonds is 7. The van der Waals surface area contributed by atoms with Crippen LogP contribution in [0.15, 0.2) is 84.9 Å². The Morgan fingerprint density at radius 1 is 0.786 bits per heavy atom. The first kappa shape index (κ1) is 20.2. The van der Waals surface area contributed by atoms with Crippen LogP contribution in [0.1, 0.15) is 36.7 Å². The SMILES string of the molecule is CC(C)(C)[Si](OCCc1ccc(C=O)cc1)(c1ccccc1)c1ccccc1. The summed E-state index contributed by atoms with van der Waals surface area (Å²) in [7, 11) is -2.48. The zero-order chi connectivity index (χ0) is 20.0. The minimum Gasteiger partial charge on any atom is -0.407 e. The number of hydrogen-bond acceptors (Lipinski definition) is 2. The van der Waals surface area contributed by atoms with Crippen LogP contribution in [0.5, 0.6) is 0 Å². The van der Waals surface area contributed by atoms with Crippen molar-refractivity contribution in [3.8, 4) is 0 Å². The molecule has 0 radical (unpaired) electrons. The Morgan fingerprint density at radius 3 is 1.71 bits per heavy atom. The van der Waals surface area contributed by atoms with Crippen LogP contribution in [0.2, 0.25) is 5.04 Å². The second-order valence-corrected chi connectivity index (χ2v) is 12.4. The van der Waals surface area contributed by atoms with E-state index in [2.05, 4.69) is 81.4 Å². The fourth-order valence-electron chi connectivity index (χ4n) is 3.85. The molecule has 3 aromatic rings. The van der Waals surface area contributed by atoms with Gasteiger partial charge in [0.2, 0.25) is 0 Å². The lowest BCUT2D eigenvalue weighted by Crippen LogP contribution is -2.66. The highest BCUT2D eigenvalue weighted by molar-refractivity contribution is 6.99. The minimum atomic E-state index is -2.48. The molecule has 3 rings (SSSR count). The van der Waals surface area contributed by atoms with Crippen LogP contribution in [0.4, 0.5) is 0 Å². The first-order chi connectivity index (χ1) is 13.5. The van der Waals surface area contributed by atoms with Crippen molar-refractivity contribution >= 4 is 25.0 Å². The molecule has 0 aromatic heterocycles. The summed E-state index contributed by atoms with van der Waals surface area (Å²) >= 11 is 0. The van der Waals surface area contributed by atoms with Crippen LogP contribution in [0, 0.1) is 0 Å². The van der Waals surface area contributed by atoms with Gasteiger partial charge in [0.05, 0.1) is 0 Å². The Bertz CT molecular complexity index is 842. The predicted octanol–water partition coefficient (Wildman–Crippen LogP) is 4.62. The molecule has 3 aromatic carbocycles. The first-order valence-electron chi connectivity index (χ1n) is 9.76. The van der Waals surface area contributed by atoms with E-state index in [1.54, 1.807) is 0 Å². The van der Waals surface area contributed by atoms with Crippen molar-refractivity contribution in [1.29, 1.82) is 0 Å². The molecule has 0 aliphatic rings. The zero-order valence-corrected chi connectivity index (χ0v) is 17.9. The molecule has 0 heterocycles. The predicted molar refractivity (Wildman–Crippen MR) is 119 cm³/mol. The maximum atomic E-state index is 10.9. The molecular weight excluding hydrogens is 360 g/mol. The third-order valence-electron chi connectivity index (χ3n) is 5.24. The van der Waals surface area contributed by atoms with Crippen molar-refractivity contribution in [3.63, 3.8) is 0 Å². The molecule has 0 N–H and O–H groups in total. The maximum absolute atomic E-state index is 10.9. The van der Waals surface area contributed by atoms with E-state index < -0.39 is 8.32 Å². The van der Waals surface area contributed by atoms with Crippen molar-refractivity contribution in [2.45, 2.75) is 32.2 Å². The molecule has 0 fully saturated rings. The summed E-state index contributed by atoms with van der Waals surface area (Å²) in [5.74, 6) is 0. The second kappa shape index (κ2) is 8.68. The largest absolute Gasteiger partial charge is 0.407 e. The van der Waals surface area contributed by atoms with Gasteiger partial charge in [-0.15, -0.1) is 0 Å². The van der Waals surface area contributed by atoms with Crippen LogP contribution in [0.3, 0.4) is 0 Å². The third kappa shape index (κ3) is 4.16. The van der Waals surface area contributed by atoms with Crippen molar-refractivity contribution in [2.24, 2.45) is 0 Å². The van der Waals surface area contributed by atoms with E-state index >= 15 is 0 Å². The van der Waals surface area contributed by atoms with Crippen LogP contribution < -0.4 is 10.4 Å². The molecule has 0 saturated heterocycles. The standard InChI is InChI=1S/C25H28O2Si/c1-25(2,3)28(23-10-6-4-7-11-23,24-12-8-5-9-13-24)27-19-18-21-14-16-22(20-26)17-15-21/h4-17,20H,18-19H2,1-3H3. The van der Waals surface area contributed by atoms with E-state index in [-0.39, 0.29) is 5.04 Å². The Hall–Kier alpha value is -2.49. The number of carbonyl (C=O) groups is 1. The van der Waals surface area contributed by atoms with Crippen LogP contribution >= 0.6 is 0 Å². The Balaban J connectivity index is 1.94. The highest BCUT2D eigenvalue weighted by Gasteiger charge is 2.49. The van der Waals surface area contributed by atoms with E-state index in [0.29, 0.717) is 12.2 Å². The molecule has 0 atom stereocenters. The number of aldehydes is 1. The first-order valence-corrected chi connectivity index (χ1v) is 11.7. The van der Waals surface area contributed by atoms with Crippen molar-refractivity contribution in [3.05, 3.63) is 96.1 Å². The molecule has 0 saturated carbocycles. The summed E-state index contributed by atoms with van der Waals surface area (Å²) in [5.41, 5.74) is 1.89. The molecule has 0 amide bonds. The fraction of sp³-hybridized carbons (Fsp3) is 0.240. The average molecular weight is 389 g/mol. The van der Waals surface area contributed by atoms with E-state index in [1.807, 2.05) is 24.3 Å². The highest BCUT2D eigenvalue weighted by Crippen LogP contribution is 2.36. The van der Waals surface area contributed by atoms with Gasteiger partial charge in [-0.3, -0.25) is 4.79 Å². The lowest BCUT2D eigenvalue weighted by Gasteiger charge is -2.43. The van der Waals surface area contributed by atoms with Gasteiger partial charge in [0.1, 0.15) is 6.29 Å². The molecule has 0 aliphatic carbocycles. The van der Waals surface area contributed by atoms with E-state index in [9.17, 15) is 4.79 Å². The smallest absolute Gasteiger partial charge is 0.261 e. The van der Waals surface area contributed by atoms with Gasteiger partial charge in [0.15, 0.2) is 0 Å². The summed E-state index contributed by atoms with van der Waals surface area (Å²) < 4.78 is 6.90. The van der Waals surface area contributed by atoms with E-state index in [0.717, 1.165) is 12.7 Å². The lowest BCUT2D eigenvalue weighted by molar-refractivity contribution is 0.112. The van der Waals surface area contributed by atoms with Gasteiger partial charge < -0.3 is 4.43 Å². The molecule has 0 spiro atoms. The van der Waals surface area contributed by atoms with Crippen molar-refractivity contribution in [2.75, 3.05) is 6.61 Å². The number of carbonyl (C=O) groups excluding carboxylic acids is 1. The van der Waals surface area contributed by atoms with E-state index in [4.69, 9.17) is 4.43 Å². The maximum Gasteiger partial charge on any atom is 0.261 e. The Labute approximate surface area is 169 Å². The summed E-state index contributed by atoms with van der Waals surface area (Å²) in [5, 5.41) is 2.58. The van der Waals surface area contributed by atoms with Gasteiger partial charge in [0, 0.05) is 12.2 Å². The van der Waals surface area contributed by atoms with Gasteiger partial charge in [-0.1, -0.05) is 106 Å². The molecule has 2 nitrogen and oxygen atoms in total. The Kier molecular flexibility index (Phi) is 6.27. The minimum absolute atomic E-state index is 0.0168. The molecule has 0 unspecified atom stereocenters. The number of benzene rings is 3. The Morgan fingerprint density at radius 2 is 1.29 bits per heavy atom. The lowest BCUT2D eigenvalue weighted by atomic mass is 10.1. The van der Waals surface area contributed by atoms with E-state index in [1.165, 1.54) is 15.9 Å². The zero-order valence-electron chi connectivity index (χ0n) is 16.9. The summed E-state index contributed by atoms with van der Waals surface area (Å²) in [4.78, 5) is 10.9. The van der Waals surface area contributed by atoms with Crippen LogP contribution in [-0.4, -0.2) is 21.2 Å². The topological polar surface area (TPSA) is 26.3 Å². The normalized spacial score (nSPS) is 12.0. The summed E-state index contributed by atoms with van der Waals surface area (Å²) in [6.45, 7) is 7.52. The van der Waals surface area contributed by atoms with Gasteiger partial charge in [0.25, 0.3) is 8.32 Å². The van der Waals surface area contributed by atoms with Crippen molar-refractivity contribution < 1.29 is 9.22 Å². The highest BCUT2D eigenvalue weighted by atomic mass is 28.4. The third-order valence-corrected chi connectivity index (χ3v) is 10.3. The average Bonchev–Trinajstić information content (AvgIpc) is 2.72. The van der Waals surface area contributed by atoms with Gasteiger partial charge in [-0.05, 0) is 27.4 Å². The van der Waals surface area contributed by atoms with Gasteiger partial charge in [-0.25, -0.2) is 0 Å². The monoisotopic (exact) mass is 388 g/mol. The molecular formula is C25H28O2Si. The van der Waals surface area contributed by atoms with Crippen molar-refractivity contribution in [1.82, 2.24) is 0 Å². The number of hydrogen-bond donors (Lipinski definition) is 0. The quantitative estimate of drug-likeness (QED) is 0.436. The fourth-order valence-corrected chi connectivity index (χ4v) is 8.41. The molecule has 28 heavy (non-hydrogen) atoms. The molecule has 144 valence electrons. The second-order valence-electron chi connectivity index (χ2n) is 8.12. The molecule has 0 aliphatic heterocycles. The van der Waals surface area contributed by atoms with Crippen LogP contribution in [0.25, 0.3) is 0 Å². The summed E-state index contributed by atoms with van der Waals surface area (Å²) in [6.07, 6.45) is 1.70.